The number of anilines is 1. The quantitative estimate of drug-likeness (QED) is 0.445. The average Bonchev–Trinajstić information content (AvgIpc) is 3.12. The molecule has 37 heavy (non-hydrogen) atoms. The molecule has 1 unspecified atom stereocenters. The van der Waals surface area contributed by atoms with Crippen LogP contribution in [0.15, 0.2) is 106 Å². The first-order valence-corrected chi connectivity index (χ1v) is 12.3. The van der Waals surface area contributed by atoms with Crippen molar-refractivity contribution in [1.82, 2.24) is 0 Å². The summed E-state index contributed by atoms with van der Waals surface area (Å²) in [5.41, 5.74) is 6.89. The maximum atomic E-state index is 14.5. The van der Waals surface area contributed by atoms with Gasteiger partial charge in [0, 0.05) is 15.7 Å². The Labute approximate surface area is 222 Å². The van der Waals surface area contributed by atoms with E-state index in [2.05, 4.69) is 22.0 Å². The van der Waals surface area contributed by atoms with Crippen LogP contribution >= 0.6 is 15.9 Å². The van der Waals surface area contributed by atoms with Gasteiger partial charge in [-0.2, -0.15) is 5.26 Å². The second kappa shape index (κ2) is 9.60. The smallest absolute Gasteiger partial charge is 0.339 e. The van der Waals surface area contributed by atoms with Crippen molar-refractivity contribution in [1.29, 1.82) is 5.26 Å². The van der Waals surface area contributed by atoms with E-state index in [4.69, 9.17) is 15.2 Å². The summed E-state index contributed by atoms with van der Waals surface area (Å²) in [7, 11) is 0. The highest BCUT2D eigenvalue weighted by Crippen LogP contribution is 2.54. The summed E-state index contributed by atoms with van der Waals surface area (Å²) in [5.74, 6) is -1.33. The molecule has 0 radical (unpaired) electrons. The number of benzene rings is 3. The van der Waals surface area contributed by atoms with Crippen molar-refractivity contribution in [2.75, 3.05) is 4.90 Å². The first kappa shape index (κ1) is 24.3. The summed E-state index contributed by atoms with van der Waals surface area (Å²) in [6.07, 6.45) is 0. The minimum Gasteiger partial charge on any atom is -0.457 e. The number of rotatable bonds is 5. The fraction of sp³-hybridized carbons (Fsp3) is 0.138. The second-order valence-electron chi connectivity index (χ2n) is 8.73. The number of carbonyl (C=O) groups excluding carboxylic acids is 2. The Bertz CT molecular complexity index is 1520. The molecule has 0 saturated carbocycles. The Hall–Kier alpha value is -4.35. The Kier molecular flexibility index (Phi) is 6.32. The van der Waals surface area contributed by atoms with Crippen LogP contribution in [0.4, 0.5) is 5.69 Å². The van der Waals surface area contributed by atoms with Gasteiger partial charge in [-0.25, -0.2) is 4.79 Å². The first-order valence-electron chi connectivity index (χ1n) is 11.5. The van der Waals surface area contributed by atoms with Crippen molar-refractivity contribution < 1.29 is 19.1 Å². The maximum absolute atomic E-state index is 14.5. The lowest BCUT2D eigenvalue weighted by Crippen LogP contribution is -2.48. The molecule has 2 N–H and O–H groups in total. The summed E-state index contributed by atoms with van der Waals surface area (Å²) >= 11 is 3.47. The molecule has 0 aliphatic carbocycles. The van der Waals surface area contributed by atoms with Gasteiger partial charge in [0.2, 0.25) is 11.8 Å². The zero-order valence-electron chi connectivity index (χ0n) is 19.9. The zero-order chi connectivity index (χ0) is 26.2. The number of fused-ring (bicyclic) bond motifs is 2. The van der Waals surface area contributed by atoms with Gasteiger partial charge in [0.1, 0.15) is 29.6 Å². The number of carbonyl (C=O) groups is 2. The third-order valence-corrected chi connectivity index (χ3v) is 7.03. The molecule has 0 fully saturated rings. The van der Waals surface area contributed by atoms with Crippen molar-refractivity contribution >= 4 is 33.5 Å². The molecule has 7 nitrogen and oxygen atoms in total. The highest BCUT2D eigenvalue weighted by molar-refractivity contribution is 9.10. The van der Waals surface area contributed by atoms with Crippen molar-refractivity contribution in [3.63, 3.8) is 0 Å². The Morgan fingerprint density at radius 1 is 1.08 bits per heavy atom. The van der Waals surface area contributed by atoms with Crippen LogP contribution in [0.1, 0.15) is 23.6 Å². The minimum atomic E-state index is -1.79. The molecule has 184 valence electrons. The van der Waals surface area contributed by atoms with Crippen LogP contribution in [0, 0.1) is 11.3 Å². The van der Waals surface area contributed by atoms with Gasteiger partial charge in [-0.1, -0.05) is 76.6 Å². The molecular formula is C29H22BrN3O4. The monoisotopic (exact) mass is 555 g/mol. The van der Waals surface area contributed by atoms with Gasteiger partial charge in [-0.05, 0) is 36.2 Å². The van der Waals surface area contributed by atoms with Crippen LogP contribution in [0.5, 0.6) is 0 Å². The number of nitriles is 1. The van der Waals surface area contributed by atoms with E-state index in [0.717, 1.165) is 15.6 Å². The van der Waals surface area contributed by atoms with E-state index in [1.165, 1.54) is 0 Å². The van der Waals surface area contributed by atoms with Crippen molar-refractivity contribution in [3.8, 4) is 6.07 Å². The Morgan fingerprint density at radius 2 is 1.78 bits per heavy atom. The van der Waals surface area contributed by atoms with Crippen molar-refractivity contribution in [3.05, 3.63) is 123 Å². The van der Waals surface area contributed by atoms with E-state index in [1.807, 2.05) is 60.7 Å². The molecule has 2 aliphatic rings. The second-order valence-corrected chi connectivity index (χ2v) is 9.65. The van der Waals surface area contributed by atoms with E-state index < -0.39 is 17.3 Å². The predicted octanol–water partition coefficient (Wildman–Crippen LogP) is 4.98. The fourth-order valence-corrected chi connectivity index (χ4v) is 5.43. The van der Waals surface area contributed by atoms with E-state index in [9.17, 15) is 14.9 Å². The highest BCUT2D eigenvalue weighted by Gasteiger charge is 2.62. The van der Waals surface area contributed by atoms with Crippen LogP contribution in [0.25, 0.3) is 0 Å². The Balaban J connectivity index is 1.65. The number of allylic oxidation sites excluding steroid dienone is 1. The Morgan fingerprint density at radius 3 is 2.51 bits per heavy atom. The largest absolute Gasteiger partial charge is 0.457 e. The fourth-order valence-electron chi connectivity index (χ4n) is 4.98. The van der Waals surface area contributed by atoms with Crippen molar-refractivity contribution in [2.45, 2.75) is 25.5 Å². The van der Waals surface area contributed by atoms with Gasteiger partial charge in [-0.3, -0.25) is 4.79 Å². The number of ether oxygens (including phenoxy) is 2. The average molecular weight is 556 g/mol. The van der Waals surface area contributed by atoms with E-state index in [0.29, 0.717) is 11.3 Å². The number of hydrogen-bond acceptors (Lipinski definition) is 6. The number of halogens is 1. The molecule has 1 spiro atoms. The summed E-state index contributed by atoms with van der Waals surface area (Å²) in [6.45, 7) is 1.77. The lowest BCUT2D eigenvalue weighted by Gasteiger charge is -2.34. The van der Waals surface area contributed by atoms with Gasteiger partial charge in [0.15, 0.2) is 5.41 Å². The SMILES string of the molecule is CC1=C(C(=O)OCc2ccccc2)C2(C(=O)N(Cc3cccc(Br)c3)c3ccccc32)C(C#N)=C(N)O1. The van der Waals surface area contributed by atoms with Crippen LogP contribution in [0.2, 0.25) is 0 Å². The first-order chi connectivity index (χ1) is 17.9. The van der Waals surface area contributed by atoms with Gasteiger partial charge < -0.3 is 20.1 Å². The summed E-state index contributed by atoms with van der Waals surface area (Å²) in [4.78, 5) is 29.7. The molecule has 0 bridgehead atoms. The molecule has 0 aromatic heterocycles. The number of nitrogens with zero attached hydrogens (tertiary/aromatic N) is 2. The topological polar surface area (TPSA) is 106 Å². The minimum absolute atomic E-state index is 0.00872. The zero-order valence-corrected chi connectivity index (χ0v) is 21.5. The molecule has 2 heterocycles. The van der Waals surface area contributed by atoms with Crippen LogP contribution in [-0.4, -0.2) is 11.9 Å². The molecule has 8 heteroatoms. The highest BCUT2D eigenvalue weighted by atomic mass is 79.9. The van der Waals surface area contributed by atoms with E-state index in [1.54, 1.807) is 30.0 Å². The molecule has 2 aliphatic heterocycles. The summed E-state index contributed by atoms with van der Waals surface area (Å²) in [5, 5.41) is 10.2. The lowest BCUT2D eigenvalue weighted by molar-refractivity contribution is -0.142. The van der Waals surface area contributed by atoms with Gasteiger partial charge in [0.05, 0.1) is 6.54 Å². The lowest BCUT2D eigenvalue weighted by atomic mass is 9.68. The standard InChI is InChI=1S/C29H22BrN3O4/c1-18-25(27(34)36-17-19-8-3-2-4-9-19)29(23(15-31)26(32)37-18)22-12-5-6-13-24(22)33(28(29)35)16-20-10-7-11-21(30)14-20/h2-14H,16-17,32H2,1H3. The van der Waals surface area contributed by atoms with E-state index >= 15 is 0 Å². The number of esters is 1. The number of hydrogen-bond donors (Lipinski definition) is 1. The summed E-state index contributed by atoms with van der Waals surface area (Å²) < 4.78 is 12.2. The molecule has 3 aromatic carbocycles. The summed E-state index contributed by atoms with van der Waals surface area (Å²) in [6, 6.07) is 26.0. The van der Waals surface area contributed by atoms with Crippen LogP contribution < -0.4 is 10.6 Å². The normalized spacial score (nSPS) is 18.5. The molecule has 1 amide bonds. The number of para-hydroxylation sites is 1. The number of nitrogens with two attached hydrogens (primary N) is 1. The van der Waals surface area contributed by atoms with E-state index in [-0.39, 0.29) is 35.9 Å². The third kappa shape index (κ3) is 3.98. The maximum Gasteiger partial charge on any atom is 0.339 e. The van der Waals surface area contributed by atoms with Crippen LogP contribution in [0.3, 0.4) is 0 Å². The molecule has 0 saturated heterocycles. The van der Waals surface area contributed by atoms with Gasteiger partial charge in [-0.15, -0.1) is 0 Å². The predicted molar refractivity (Wildman–Crippen MR) is 140 cm³/mol. The molecule has 5 rings (SSSR count). The third-order valence-electron chi connectivity index (χ3n) is 6.53. The molecular weight excluding hydrogens is 534 g/mol. The molecule has 3 aromatic rings. The van der Waals surface area contributed by atoms with Crippen LogP contribution in [-0.2, 0) is 37.6 Å². The molecule has 1 atom stereocenters. The van der Waals surface area contributed by atoms with Gasteiger partial charge >= 0.3 is 5.97 Å². The number of amides is 1. The van der Waals surface area contributed by atoms with Gasteiger partial charge in [0.25, 0.3) is 0 Å². The van der Waals surface area contributed by atoms with Crippen molar-refractivity contribution in [2.24, 2.45) is 5.73 Å².